The molecular weight excluding hydrogens is 294 g/mol. The fourth-order valence-corrected chi connectivity index (χ4v) is 4.22. The van der Waals surface area contributed by atoms with E-state index in [9.17, 15) is 8.42 Å². The van der Waals surface area contributed by atoms with Crippen LogP contribution in [0.4, 0.5) is 0 Å². The van der Waals surface area contributed by atoms with E-state index in [0.717, 1.165) is 0 Å². The van der Waals surface area contributed by atoms with Crippen molar-refractivity contribution in [3.05, 3.63) is 28.8 Å². The predicted molar refractivity (Wildman–Crippen MR) is 82.8 cm³/mol. The van der Waals surface area contributed by atoms with E-state index in [1.165, 1.54) is 6.26 Å². The molecule has 0 aliphatic heterocycles. The predicted octanol–water partition coefficient (Wildman–Crippen LogP) is 3.27. The molecule has 112 valence electrons. The van der Waals surface area contributed by atoms with Gasteiger partial charge in [-0.15, -0.1) is 0 Å². The maximum Gasteiger partial charge on any atom is 0.175 e. The highest BCUT2D eigenvalue weighted by atomic mass is 35.5. The van der Waals surface area contributed by atoms with Crippen LogP contribution < -0.4 is 5.32 Å². The van der Waals surface area contributed by atoms with Gasteiger partial charge in [-0.25, -0.2) is 8.42 Å². The maximum atomic E-state index is 11.8. The lowest BCUT2D eigenvalue weighted by atomic mass is 10.0. The summed E-state index contributed by atoms with van der Waals surface area (Å²) in [5.74, 6) is 0. The van der Waals surface area contributed by atoms with Crippen LogP contribution in [0.3, 0.4) is 0 Å². The molecule has 0 saturated heterocycles. The molecule has 1 saturated carbocycles. The van der Waals surface area contributed by atoms with Crippen molar-refractivity contribution in [2.24, 2.45) is 10.8 Å². The summed E-state index contributed by atoms with van der Waals surface area (Å²) in [6.45, 7) is 9.34. The van der Waals surface area contributed by atoms with Gasteiger partial charge in [0, 0.05) is 29.4 Å². The van der Waals surface area contributed by atoms with Crippen LogP contribution in [0.15, 0.2) is 23.1 Å². The molecule has 1 N–H and O–H groups in total. The number of halogens is 1. The summed E-state index contributed by atoms with van der Waals surface area (Å²) in [5.41, 5.74) is 1.08. The second-order valence-corrected chi connectivity index (χ2v) is 9.14. The average Bonchev–Trinajstić information content (AvgIpc) is 2.67. The highest BCUT2D eigenvalue weighted by molar-refractivity contribution is 7.90. The highest BCUT2D eigenvalue weighted by Crippen LogP contribution is 2.62. The van der Waals surface area contributed by atoms with Gasteiger partial charge >= 0.3 is 0 Å². The van der Waals surface area contributed by atoms with E-state index in [1.807, 2.05) is 0 Å². The molecule has 20 heavy (non-hydrogen) atoms. The molecule has 0 radical (unpaired) electrons. The molecule has 1 aliphatic rings. The summed E-state index contributed by atoms with van der Waals surface area (Å²) in [4.78, 5) is 0.314. The van der Waals surface area contributed by atoms with Gasteiger partial charge in [0.05, 0.1) is 4.90 Å². The van der Waals surface area contributed by atoms with Crippen molar-refractivity contribution in [3.8, 4) is 0 Å². The Kier molecular flexibility index (Phi) is 3.73. The van der Waals surface area contributed by atoms with Gasteiger partial charge in [-0.3, -0.25) is 0 Å². The Morgan fingerprint density at radius 3 is 2.20 bits per heavy atom. The van der Waals surface area contributed by atoms with E-state index in [4.69, 9.17) is 11.6 Å². The molecular formula is C15H22ClNO2S. The van der Waals surface area contributed by atoms with Crippen LogP contribution in [0.2, 0.25) is 5.02 Å². The Balaban J connectivity index is 2.24. The molecule has 1 aromatic rings. The molecule has 2 rings (SSSR count). The zero-order valence-corrected chi connectivity index (χ0v) is 14.2. The van der Waals surface area contributed by atoms with Crippen LogP contribution in [0.25, 0.3) is 0 Å². The van der Waals surface area contributed by atoms with Gasteiger partial charge in [-0.1, -0.05) is 45.4 Å². The SMILES string of the molecule is CC1(C)C(NCc2c(Cl)cccc2S(C)(=O)=O)C1(C)C. The number of nitrogens with one attached hydrogen (secondary N) is 1. The quantitative estimate of drug-likeness (QED) is 0.927. The third kappa shape index (κ3) is 2.49. The molecule has 0 unspecified atom stereocenters. The fraction of sp³-hybridized carbons (Fsp3) is 0.600. The minimum atomic E-state index is -3.27. The van der Waals surface area contributed by atoms with Crippen LogP contribution in [0, 0.1) is 10.8 Å². The Labute approximate surface area is 126 Å². The van der Waals surface area contributed by atoms with Crippen molar-refractivity contribution in [1.29, 1.82) is 0 Å². The molecule has 0 aromatic heterocycles. The molecule has 0 heterocycles. The van der Waals surface area contributed by atoms with Gasteiger partial charge in [0.15, 0.2) is 9.84 Å². The second kappa shape index (κ2) is 4.72. The number of sulfone groups is 1. The number of hydrogen-bond donors (Lipinski definition) is 1. The molecule has 0 amide bonds. The lowest BCUT2D eigenvalue weighted by Gasteiger charge is -2.12. The zero-order valence-electron chi connectivity index (χ0n) is 12.6. The van der Waals surface area contributed by atoms with Crippen LogP contribution >= 0.6 is 11.6 Å². The monoisotopic (exact) mass is 315 g/mol. The van der Waals surface area contributed by atoms with Crippen LogP contribution in [-0.2, 0) is 16.4 Å². The molecule has 3 nitrogen and oxygen atoms in total. The summed E-state index contributed by atoms with van der Waals surface area (Å²) in [5, 5.41) is 3.95. The van der Waals surface area contributed by atoms with E-state index in [2.05, 4.69) is 33.0 Å². The van der Waals surface area contributed by atoms with E-state index in [1.54, 1.807) is 18.2 Å². The van der Waals surface area contributed by atoms with Gasteiger partial charge in [0.2, 0.25) is 0 Å². The molecule has 0 atom stereocenters. The summed E-state index contributed by atoms with van der Waals surface area (Å²) in [7, 11) is -3.27. The summed E-state index contributed by atoms with van der Waals surface area (Å²) >= 11 is 6.18. The van der Waals surface area contributed by atoms with E-state index in [0.29, 0.717) is 28.1 Å². The van der Waals surface area contributed by atoms with Gasteiger partial charge in [0.25, 0.3) is 0 Å². The first-order valence-electron chi connectivity index (χ1n) is 6.70. The lowest BCUT2D eigenvalue weighted by molar-refractivity contribution is 0.457. The summed E-state index contributed by atoms with van der Waals surface area (Å²) < 4.78 is 23.7. The minimum absolute atomic E-state index is 0.208. The fourth-order valence-electron chi connectivity index (χ4n) is 2.97. The van der Waals surface area contributed by atoms with Gasteiger partial charge in [0.1, 0.15) is 0 Å². The van der Waals surface area contributed by atoms with Gasteiger partial charge in [-0.2, -0.15) is 0 Å². The van der Waals surface area contributed by atoms with Crippen LogP contribution in [0.1, 0.15) is 33.3 Å². The Morgan fingerprint density at radius 2 is 1.75 bits per heavy atom. The van der Waals surface area contributed by atoms with E-state index >= 15 is 0 Å². The average molecular weight is 316 g/mol. The Hall–Kier alpha value is -0.580. The van der Waals surface area contributed by atoms with Crippen molar-refractivity contribution < 1.29 is 8.42 Å². The van der Waals surface area contributed by atoms with Crippen molar-refractivity contribution in [1.82, 2.24) is 5.32 Å². The van der Waals surface area contributed by atoms with Crippen LogP contribution in [-0.4, -0.2) is 20.7 Å². The smallest absolute Gasteiger partial charge is 0.175 e. The van der Waals surface area contributed by atoms with Crippen molar-refractivity contribution in [3.63, 3.8) is 0 Å². The Bertz CT molecular complexity index is 621. The highest BCUT2D eigenvalue weighted by Gasteiger charge is 2.64. The van der Waals surface area contributed by atoms with Gasteiger partial charge < -0.3 is 5.32 Å². The first kappa shape index (κ1) is 15.8. The molecule has 5 heteroatoms. The zero-order chi connectivity index (χ0) is 15.3. The van der Waals surface area contributed by atoms with Crippen molar-refractivity contribution in [2.45, 2.75) is 45.2 Å². The topological polar surface area (TPSA) is 46.2 Å². The molecule has 1 aliphatic carbocycles. The largest absolute Gasteiger partial charge is 0.309 e. The van der Waals surface area contributed by atoms with Crippen LogP contribution in [0.5, 0.6) is 0 Å². The normalized spacial score (nSPS) is 20.9. The minimum Gasteiger partial charge on any atom is -0.309 e. The van der Waals surface area contributed by atoms with Crippen molar-refractivity contribution in [2.75, 3.05) is 6.26 Å². The molecule has 1 fully saturated rings. The standard InChI is InChI=1S/C15H22ClNO2S/c1-14(2)13(15(14,3)4)17-9-10-11(16)7-6-8-12(10)20(5,18)19/h6-8,13,17H,9H2,1-5H3. The lowest BCUT2D eigenvalue weighted by Crippen LogP contribution is -2.23. The third-order valence-electron chi connectivity index (χ3n) is 4.98. The molecule has 1 aromatic carbocycles. The summed E-state index contributed by atoms with van der Waals surface area (Å²) in [6, 6.07) is 5.38. The number of benzene rings is 1. The summed E-state index contributed by atoms with van der Waals surface area (Å²) in [6.07, 6.45) is 1.22. The maximum absolute atomic E-state index is 11.8. The van der Waals surface area contributed by atoms with E-state index < -0.39 is 9.84 Å². The van der Waals surface area contributed by atoms with E-state index in [-0.39, 0.29) is 10.8 Å². The first-order valence-corrected chi connectivity index (χ1v) is 8.97. The second-order valence-electron chi connectivity index (χ2n) is 6.75. The third-order valence-corrected chi connectivity index (χ3v) is 6.51. The first-order chi connectivity index (χ1) is 8.99. The molecule has 0 bridgehead atoms. The molecule has 0 spiro atoms. The van der Waals surface area contributed by atoms with Gasteiger partial charge in [-0.05, 0) is 23.0 Å². The Morgan fingerprint density at radius 1 is 1.20 bits per heavy atom. The van der Waals surface area contributed by atoms with Crippen molar-refractivity contribution >= 4 is 21.4 Å². The number of rotatable bonds is 4. The number of hydrogen-bond acceptors (Lipinski definition) is 3.